The summed E-state index contributed by atoms with van der Waals surface area (Å²) in [5.41, 5.74) is 2.41. The van der Waals surface area contributed by atoms with E-state index in [1.165, 1.54) is 12.0 Å². The van der Waals surface area contributed by atoms with Gasteiger partial charge in [-0.3, -0.25) is 4.79 Å². The second-order valence-electron chi connectivity index (χ2n) is 6.92. The van der Waals surface area contributed by atoms with Crippen LogP contribution in [0.25, 0.3) is 0 Å². The molecule has 6 heteroatoms. The largest absolute Gasteiger partial charge is 0.465 e. The molecule has 0 aromatic heterocycles. The lowest BCUT2D eigenvalue weighted by Gasteiger charge is -2.23. The predicted octanol–water partition coefficient (Wildman–Crippen LogP) is 3.24. The van der Waals surface area contributed by atoms with Crippen molar-refractivity contribution in [1.29, 1.82) is 0 Å². The van der Waals surface area contributed by atoms with Crippen LogP contribution in [0.15, 0.2) is 54.6 Å². The Kier molecular flexibility index (Phi) is 6.09. The Morgan fingerprint density at radius 2 is 1.79 bits per heavy atom. The minimum Gasteiger partial charge on any atom is -0.465 e. The van der Waals surface area contributed by atoms with Gasteiger partial charge < -0.3 is 9.47 Å². The van der Waals surface area contributed by atoms with Gasteiger partial charge in [-0.05, 0) is 36.1 Å². The van der Waals surface area contributed by atoms with Crippen molar-refractivity contribution in [2.45, 2.75) is 25.8 Å². The number of methoxy groups -OCH3 is 1. The molecule has 2 amide bonds. The van der Waals surface area contributed by atoms with Crippen LogP contribution in [0.2, 0.25) is 0 Å². The Labute approximate surface area is 164 Å². The minimum atomic E-state index is -0.584. The van der Waals surface area contributed by atoms with Crippen LogP contribution >= 0.6 is 0 Å². The van der Waals surface area contributed by atoms with Crippen molar-refractivity contribution >= 4 is 18.0 Å². The summed E-state index contributed by atoms with van der Waals surface area (Å²) in [5.74, 6) is -1.05. The zero-order chi connectivity index (χ0) is 20.1. The number of hydrogen-bond acceptors (Lipinski definition) is 5. The summed E-state index contributed by atoms with van der Waals surface area (Å²) in [6, 6.07) is 16.3. The Hall–Kier alpha value is -3.15. The molecule has 1 aliphatic rings. The monoisotopic (exact) mass is 381 g/mol. The van der Waals surface area contributed by atoms with Crippen molar-refractivity contribution in [3.05, 3.63) is 71.3 Å². The number of hydrogen-bond donors (Lipinski definition) is 0. The zero-order valence-electron chi connectivity index (χ0n) is 16.0. The van der Waals surface area contributed by atoms with Crippen LogP contribution in [0.3, 0.4) is 0 Å². The lowest BCUT2D eigenvalue weighted by atomic mass is 9.97. The first-order valence-corrected chi connectivity index (χ1v) is 9.20. The molecular weight excluding hydrogens is 358 g/mol. The molecule has 0 bridgehead atoms. The Bertz CT molecular complexity index is 847. The van der Waals surface area contributed by atoms with Crippen LogP contribution < -0.4 is 0 Å². The highest BCUT2D eigenvalue weighted by Crippen LogP contribution is 2.22. The van der Waals surface area contributed by atoms with Gasteiger partial charge in [0.2, 0.25) is 5.91 Å². The average Bonchev–Trinajstić information content (AvgIpc) is 3.08. The Morgan fingerprint density at radius 1 is 1.11 bits per heavy atom. The molecule has 146 valence electrons. The summed E-state index contributed by atoms with van der Waals surface area (Å²) in [6.45, 7) is 2.00. The van der Waals surface area contributed by atoms with Crippen molar-refractivity contribution in [3.63, 3.8) is 0 Å². The number of carbonyl (C=O) groups is 3. The molecule has 0 N–H and O–H groups in total. The molecule has 2 atom stereocenters. The van der Waals surface area contributed by atoms with Gasteiger partial charge in [0, 0.05) is 5.92 Å². The first-order valence-electron chi connectivity index (χ1n) is 9.20. The van der Waals surface area contributed by atoms with Gasteiger partial charge in [0.25, 0.3) is 0 Å². The Morgan fingerprint density at radius 3 is 2.43 bits per heavy atom. The summed E-state index contributed by atoms with van der Waals surface area (Å²) in [6.07, 6.45) is 0.444. The van der Waals surface area contributed by atoms with E-state index in [0.717, 1.165) is 11.1 Å². The van der Waals surface area contributed by atoms with Crippen LogP contribution in [-0.4, -0.2) is 42.6 Å². The highest BCUT2D eigenvalue weighted by atomic mass is 16.6. The van der Waals surface area contributed by atoms with Gasteiger partial charge in [0.1, 0.15) is 6.61 Å². The summed E-state index contributed by atoms with van der Waals surface area (Å²) < 4.78 is 9.83. The first kappa shape index (κ1) is 19.6. The summed E-state index contributed by atoms with van der Waals surface area (Å²) >= 11 is 0. The maximum Gasteiger partial charge on any atom is 0.416 e. The summed E-state index contributed by atoms with van der Waals surface area (Å²) in [5, 5.41) is 0. The molecule has 0 radical (unpaired) electrons. The van der Waals surface area contributed by atoms with E-state index >= 15 is 0 Å². The van der Waals surface area contributed by atoms with Crippen molar-refractivity contribution < 1.29 is 23.9 Å². The van der Waals surface area contributed by atoms with Crippen molar-refractivity contribution in [2.75, 3.05) is 13.7 Å². The molecule has 0 saturated carbocycles. The van der Waals surface area contributed by atoms with E-state index in [4.69, 9.17) is 4.74 Å². The molecular formula is C22H23NO5. The van der Waals surface area contributed by atoms with Crippen LogP contribution in [0.1, 0.15) is 28.4 Å². The van der Waals surface area contributed by atoms with Crippen molar-refractivity contribution in [2.24, 2.45) is 5.92 Å². The third-order valence-corrected chi connectivity index (χ3v) is 4.85. The molecule has 0 spiro atoms. The van der Waals surface area contributed by atoms with Gasteiger partial charge in [-0.1, -0.05) is 49.4 Å². The fourth-order valence-corrected chi connectivity index (χ4v) is 3.34. The maximum atomic E-state index is 12.9. The van der Waals surface area contributed by atoms with E-state index in [1.54, 1.807) is 31.2 Å². The molecule has 3 rings (SSSR count). The molecule has 2 aromatic rings. The smallest absolute Gasteiger partial charge is 0.416 e. The fourth-order valence-electron chi connectivity index (χ4n) is 3.34. The zero-order valence-corrected chi connectivity index (χ0v) is 16.0. The van der Waals surface area contributed by atoms with Crippen LogP contribution in [0, 0.1) is 5.92 Å². The Balaban J connectivity index is 1.67. The standard InChI is InChI=1S/C22H23NO5/c1-15(12-17-8-10-18(11-9-17)21(25)27-2)20(24)23-19(14-28-22(23)26)13-16-6-4-3-5-7-16/h3-11,15,19H,12-14H2,1-2H3/t15-,19?/m0/s1. The van der Waals surface area contributed by atoms with Gasteiger partial charge in [-0.25, -0.2) is 14.5 Å². The topological polar surface area (TPSA) is 72.9 Å². The molecule has 28 heavy (non-hydrogen) atoms. The quantitative estimate of drug-likeness (QED) is 0.718. The molecule has 1 heterocycles. The number of esters is 1. The molecule has 0 aliphatic carbocycles. The van der Waals surface area contributed by atoms with E-state index in [0.29, 0.717) is 18.4 Å². The van der Waals surface area contributed by atoms with E-state index < -0.39 is 18.0 Å². The third-order valence-electron chi connectivity index (χ3n) is 4.85. The summed E-state index contributed by atoms with van der Waals surface area (Å²) in [4.78, 5) is 37.9. The van der Waals surface area contributed by atoms with Gasteiger partial charge in [0.05, 0.1) is 18.7 Å². The lowest BCUT2D eigenvalue weighted by Crippen LogP contribution is -2.43. The number of cyclic esters (lactones) is 1. The van der Waals surface area contributed by atoms with Gasteiger partial charge >= 0.3 is 12.1 Å². The highest BCUT2D eigenvalue weighted by molar-refractivity contribution is 5.94. The summed E-state index contributed by atoms with van der Waals surface area (Å²) in [7, 11) is 1.33. The SMILES string of the molecule is COC(=O)c1ccc(C[C@H](C)C(=O)N2C(=O)OCC2Cc2ccccc2)cc1. The van der Waals surface area contributed by atoms with Gasteiger partial charge in [-0.15, -0.1) is 0 Å². The van der Waals surface area contributed by atoms with Crippen LogP contribution in [0.5, 0.6) is 0 Å². The molecule has 6 nitrogen and oxygen atoms in total. The predicted molar refractivity (Wildman–Crippen MR) is 103 cm³/mol. The third kappa shape index (κ3) is 4.39. The van der Waals surface area contributed by atoms with Crippen LogP contribution in [0.4, 0.5) is 4.79 Å². The highest BCUT2D eigenvalue weighted by Gasteiger charge is 2.39. The van der Waals surface area contributed by atoms with E-state index in [2.05, 4.69) is 4.74 Å². The van der Waals surface area contributed by atoms with Crippen LogP contribution in [-0.2, 0) is 27.1 Å². The number of ether oxygens (including phenoxy) is 2. The minimum absolute atomic E-state index is 0.208. The number of nitrogens with zero attached hydrogens (tertiary/aromatic N) is 1. The van der Waals surface area contributed by atoms with E-state index in [1.807, 2.05) is 30.3 Å². The molecule has 1 unspecified atom stereocenters. The van der Waals surface area contributed by atoms with Gasteiger partial charge in [0.15, 0.2) is 0 Å². The molecule has 2 aromatic carbocycles. The van der Waals surface area contributed by atoms with E-state index in [9.17, 15) is 14.4 Å². The normalized spacial score (nSPS) is 17.1. The molecule has 1 saturated heterocycles. The number of rotatable bonds is 6. The average molecular weight is 381 g/mol. The van der Waals surface area contributed by atoms with Crippen molar-refractivity contribution in [1.82, 2.24) is 4.90 Å². The first-order chi connectivity index (χ1) is 13.5. The number of carbonyl (C=O) groups excluding carboxylic acids is 3. The number of benzene rings is 2. The molecule has 1 aliphatic heterocycles. The second kappa shape index (κ2) is 8.69. The van der Waals surface area contributed by atoms with Crippen molar-refractivity contribution in [3.8, 4) is 0 Å². The molecule has 1 fully saturated rings. The maximum absolute atomic E-state index is 12.9. The lowest BCUT2D eigenvalue weighted by molar-refractivity contribution is -0.132. The fraction of sp³-hybridized carbons (Fsp3) is 0.318. The number of imide groups is 1. The number of amides is 2. The van der Waals surface area contributed by atoms with E-state index in [-0.39, 0.29) is 18.6 Å². The second-order valence-corrected chi connectivity index (χ2v) is 6.92. The van der Waals surface area contributed by atoms with Gasteiger partial charge in [-0.2, -0.15) is 0 Å².